The molecule has 2 rings (SSSR count). The van der Waals surface area contributed by atoms with E-state index in [2.05, 4.69) is 6.58 Å². The smallest absolute Gasteiger partial charge is 0.311 e. The number of ether oxygens (including phenoxy) is 1. The van der Waals surface area contributed by atoms with Crippen molar-refractivity contribution in [2.45, 2.75) is 5.92 Å². The van der Waals surface area contributed by atoms with Gasteiger partial charge in [0.15, 0.2) is 0 Å². The molecule has 19 heavy (non-hydrogen) atoms. The lowest BCUT2D eigenvalue weighted by Crippen LogP contribution is -2.28. The fraction of sp³-hybridized carbons (Fsp3) is 0.333. The van der Waals surface area contributed by atoms with E-state index in [-0.39, 0.29) is 23.7 Å². The average Bonchev–Trinajstić information content (AvgIpc) is 2.91. The molecule has 1 aromatic carbocycles. The van der Waals surface area contributed by atoms with Gasteiger partial charge in [-0.2, -0.15) is 0 Å². The summed E-state index contributed by atoms with van der Waals surface area (Å²) in [7, 11) is 1.38. The van der Waals surface area contributed by atoms with Gasteiger partial charge < -0.3 is 9.64 Å². The molecule has 4 nitrogen and oxygen atoms in total. The van der Waals surface area contributed by atoms with E-state index in [0.717, 1.165) is 5.56 Å². The zero-order valence-corrected chi connectivity index (χ0v) is 10.9. The van der Waals surface area contributed by atoms with Gasteiger partial charge in [-0.3, -0.25) is 9.59 Å². The van der Waals surface area contributed by atoms with Gasteiger partial charge in [0.1, 0.15) is 0 Å². The van der Waals surface area contributed by atoms with Crippen LogP contribution < -0.4 is 0 Å². The van der Waals surface area contributed by atoms with Crippen molar-refractivity contribution < 1.29 is 14.3 Å². The number of benzene rings is 1. The summed E-state index contributed by atoms with van der Waals surface area (Å²) >= 11 is 0. The Morgan fingerprint density at radius 1 is 1.32 bits per heavy atom. The second-order valence-electron chi connectivity index (χ2n) is 4.59. The van der Waals surface area contributed by atoms with E-state index in [9.17, 15) is 9.59 Å². The quantitative estimate of drug-likeness (QED) is 0.611. The maximum atomic E-state index is 11.9. The number of hydrogen-bond acceptors (Lipinski definition) is 3. The van der Waals surface area contributed by atoms with Crippen molar-refractivity contribution >= 4 is 11.9 Å². The van der Waals surface area contributed by atoms with E-state index in [4.69, 9.17) is 4.74 Å². The van der Waals surface area contributed by atoms with Crippen LogP contribution in [-0.4, -0.2) is 37.0 Å². The van der Waals surface area contributed by atoms with Crippen LogP contribution in [0.3, 0.4) is 0 Å². The third-order valence-corrected chi connectivity index (χ3v) is 3.54. The van der Waals surface area contributed by atoms with Gasteiger partial charge in [0.25, 0.3) is 0 Å². The summed E-state index contributed by atoms with van der Waals surface area (Å²) < 4.78 is 4.84. The lowest BCUT2D eigenvalue weighted by atomic mass is 9.89. The molecule has 0 radical (unpaired) electrons. The standard InChI is InChI=1S/C15H17NO3/c1-3-14(17)16-9-12(11-7-5-4-6-8-11)13(10-16)15(18)19-2/h3-8,12-13H,1,9-10H2,2H3/t12-,13-/m1/s1. The zero-order valence-electron chi connectivity index (χ0n) is 10.9. The molecule has 1 fully saturated rings. The summed E-state index contributed by atoms with van der Waals surface area (Å²) in [6.45, 7) is 4.39. The largest absolute Gasteiger partial charge is 0.469 e. The third-order valence-electron chi connectivity index (χ3n) is 3.54. The molecule has 0 aromatic heterocycles. The minimum atomic E-state index is -0.309. The fourth-order valence-electron chi connectivity index (χ4n) is 2.54. The Bertz CT molecular complexity index is 483. The average molecular weight is 259 g/mol. The molecule has 1 amide bonds. The molecule has 0 aliphatic carbocycles. The van der Waals surface area contributed by atoms with Gasteiger partial charge in [0.05, 0.1) is 13.0 Å². The monoisotopic (exact) mass is 259 g/mol. The molecule has 1 aromatic rings. The first-order valence-corrected chi connectivity index (χ1v) is 6.21. The molecule has 0 spiro atoms. The Kier molecular flexibility index (Phi) is 4.00. The molecule has 1 aliphatic rings. The second-order valence-corrected chi connectivity index (χ2v) is 4.59. The highest BCUT2D eigenvalue weighted by atomic mass is 16.5. The maximum Gasteiger partial charge on any atom is 0.311 e. The number of carbonyl (C=O) groups excluding carboxylic acids is 2. The highest BCUT2D eigenvalue weighted by molar-refractivity contribution is 5.88. The van der Waals surface area contributed by atoms with E-state index in [1.807, 2.05) is 30.3 Å². The van der Waals surface area contributed by atoms with Gasteiger partial charge >= 0.3 is 5.97 Å². The van der Waals surface area contributed by atoms with Gasteiger partial charge in [0, 0.05) is 19.0 Å². The van der Waals surface area contributed by atoms with Crippen LogP contribution in [0.5, 0.6) is 0 Å². The Labute approximate surface area is 112 Å². The van der Waals surface area contributed by atoms with Gasteiger partial charge in [-0.15, -0.1) is 0 Å². The highest BCUT2D eigenvalue weighted by Gasteiger charge is 2.40. The molecular weight excluding hydrogens is 242 g/mol. The Morgan fingerprint density at radius 2 is 2.00 bits per heavy atom. The summed E-state index contributed by atoms with van der Waals surface area (Å²) in [5.41, 5.74) is 1.05. The van der Waals surface area contributed by atoms with E-state index in [0.29, 0.717) is 13.1 Å². The molecule has 4 heteroatoms. The minimum Gasteiger partial charge on any atom is -0.469 e. The highest BCUT2D eigenvalue weighted by Crippen LogP contribution is 2.33. The van der Waals surface area contributed by atoms with Gasteiger partial charge in [-0.1, -0.05) is 36.9 Å². The molecule has 1 saturated heterocycles. The van der Waals surface area contributed by atoms with Crippen molar-refractivity contribution in [3.63, 3.8) is 0 Å². The molecule has 0 unspecified atom stereocenters. The van der Waals surface area contributed by atoms with Crippen molar-refractivity contribution in [3.8, 4) is 0 Å². The van der Waals surface area contributed by atoms with E-state index < -0.39 is 0 Å². The van der Waals surface area contributed by atoms with Gasteiger partial charge in [0.2, 0.25) is 5.91 Å². The van der Waals surface area contributed by atoms with Crippen LogP contribution in [-0.2, 0) is 14.3 Å². The number of nitrogens with zero attached hydrogens (tertiary/aromatic N) is 1. The topological polar surface area (TPSA) is 46.6 Å². The van der Waals surface area contributed by atoms with Crippen molar-refractivity contribution in [1.82, 2.24) is 4.90 Å². The van der Waals surface area contributed by atoms with E-state index in [1.54, 1.807) is 4.90 Å². The Balaban J connectivity index is 2.26. The maximum absolute atomic E-state index is 11.9. The van der Waals surface area contributed by atoms with Crippen LogP contribution in [0.15, 0.2) is 43.0 Å². The van der Waals surface area contributed by atoms with E-state index in [1.165, 1.54) is 13.2 Å². The predicted octanol–water partition coefficient (Wildman–Crippen LogP) is 1.59. The molecule has 1 heterocycles. The summed E-state index contributed by atoms with van der Waals surface area (Å²) in [5, 5.41) is 0. The fourth-order valence-corrected chi connectivity index (χ4v) is 2.54. The normalized spacial score (nSPS) is 22.1. The Hall–Kier alpha value is -2.10. The van der Waals surface area contributed by atoms with Crippen molar-refractivity contribution in [3.05, 3.63) is 48.6 Å². The number of carbonyl (C=O) groups is 2. The summed E-state index contributed by atoms with van der Waals surface area (Å²) in [4.78, 5) is 25.2. The number of likely N-dealkylation sites (tertiary alicyclic amines) is 1. The first-order valence-electron chi connectivity index (χ1n) is 6.21. The van der Waals surface area contributed by atoms with Gasteiger partial charge in [-0.25, -0.2) is 0 Å². The lowest BCUT2D eigenvalue weighted by Gasteiger charge is -2.16. The van der Waals surface area contributed by atoms with Crippen LogP contribution in [0.25, 0.3) is 0 Å². The summed E-state index contributed by atoms with van der Waals surface area (Å²) in [6, 6.07) is 9.74. The van der Waals surface area contributed by atoms with Crippen LogP contribution in [0.1, 0.15) is 11.5 Å². The third kappa shape index (κ3) is 2.67. The first kappa shape index (κ1) is 13.3. The molecular formula is C15H17NO3. The number of esters is 1. The summed E-state index contributed by atoms with van der Waals surface area (Å²) in [6.07, 6.45) is 1.28. The minimum absolute atomic E-state index is 0.0162. The van der Waals surface area contributed by atoms with Gasteiger partial charge in [-0.05, 0) is 11.6 Å². The molecule has 0 bridgehead atoms. The lowest BCUT2D eigenvalue weighted by molar-refractivity contribution is -0.145. The molecule has 0 saturated carbocycles. The molecule has 2 atom stereocenters. The molecule has 0 N–H and O–H groups in total. The van der Waals surface area contributed by atoms with Crippen LogP contribution in [0.2, 0.25) is 0 Å². The van der Waals surface area contributed by atoms with Crippen molar-refractivity contribution in [2.75, 3.05) is 20.2 Å². The number of rotatable bonds is 3. The van der Waals surface area contributed by atoms with Crippen LogP contribution in [0.4, 0.5) is 0 Å². The number of methoxy groups -OCH3 is 1. The van der Waals surface area contributed by atoms with Crippen molar-refractivity contribution in [2.24, 2.45) is 5.92 Å². The number of hydrogen-bond donors (Lipinski definition) is 0. The predicted molar refractivity (Wildman–Crippen MR) is 71.5 cm³/mol. The molecule has 100 valence electrons. The number of amides is 1. The SMILES string of the molecule is C=CC(=O)N1C[C@H](c2ccccc2)[C@H](C(=O)OC)C1. The first-order chi connectivity index (χ1) is 9.17. The van der Waals surface area contributed by atoms with E-state index >= 15 is 0 Å². The van der Waals surface area contributed by atoms with Crippen LogP contribution >= 0.6 is 0 Å². The van der Waals surface area contributed by atoms with Crippen LogP contribution in [0, 0.1) is 5.92 Å². The molecule has 1 aliphatic heterocycles. The summed E-state index contributed by atoms with van der Waals surface area (Å²) in [5.74, 6) is -0.741. The Morgan fingerprint density at radius 3 is 2.58 bits per heavy atom. The second kappa shape index (κ2) is 5.69. The van der Waals surface area contributed by atoms with Crippen molar-refractivity contribution in [1.29, 1.82) is 0 Å². The zero-order chi connectivity index (χ0) is 13.8.